The second-order valence-corrected chi connectivity index (χ2v) is 18.8. The van der Waals surface area contributed by atoms with Crippen molar-refractivity contribution in [3.63, 3.8) is 0 Å². The van der Waals surface area contributed by atoms with Crippen molar-refractivity contribution in [2.75, 3.05) is 26.1 Å². The molecule has 1 aliphatic rings. The van der Waals surface area contributed by atoms with Gasteiger partial charge in [-0.15, -0.1) is 0 Å². The summed E-state index contributed by atoms with van der Waals surface area (Å²) in [5.74, 6) is 0.871. The lowest BCUT2D eigenvalue weighted by molar-refractivity contribution is -0.0365. The van der Waals surface area contributed by atoms with Gasteiger partial charge in [0.2, 0.25) is 8.32 Å². The molecule has 0 amide bonds. The zero-order valence-electron chi connectivity index (χ0n) is 25.6. The second-order valence-electron chi connectivity index (χ2n) is 12.5. The van der Waals surface area contributed by atoms with Crippen LogP contribution < -0.4 is 4.43 Å². The highest BCUT2D eigenvalue weighted by Crippen LogP contribution is 2.39. The Balaban J connectivity index is 1.47. The van der Waals surface area contributed by atoms with Crippen molar-refractivity contribution in [1.82, 2.24) is 19.6 Å². The van der Waals surface area contributed by atoms with E-state index in [-0.39, 0.29) is 11.3 Å². The van der Waals surface area contributed by atoms with Gasteiger partial charge in [-0.25, -0.2) is 4.68 Å². The number of benzene rings is 1. The maximum atomic E-state index is 11.2. The van der Waals surface area contributed by atoms with Crippen LogP contribution in [0, 0.1) is 0 Å². The predicted molar refractivity (Wildman–Crippen MR) is 163 cm³/mol. The van der Waals surface area contributed by atoms with E-state index in [2.05, 4.69) is 57.2 Å². The van der Waals surface area contributed by atoms with Crippen molar-refractivity contribution in [3.05, 3.63) is 30.6 Å². The van der Waals surface area contributed by atoms with E-state index in [4.69, 9.17) is 23.2 Å². The van der Waals surface area contributed by atoms with E-state index in [0.717, 1.165) is 66.5 Å². The van der Waals surface area contributed by atoms with Crippen LogP contribution in [-0.4, -0.2) is 68.5 Å². The number of rotatable bonds is 13. The van der Waals surface area contributed by atoms with Crippen LogP contribution in [0.25, 0.3) is 22.2 Å². The first-order valence-corrected chi connectivity index (χ1v) is 19.3. The smallest absolute Gasteiger partial charge is 0.264 e. The molecule has 228 valence electrons. The van der Waals surface area contributed by atoms with E-state index in [0.29, 0.717) is 26.2 Å². The van der Waals surface area contributed by atoms with Gasteiger partial charge in [-0.2, -0.15) is 18.6 Å². The lowest BCUT2D eigenvalue weighted by atomic mass is 10.1. The van der Waals surface area contributed by atoms with Crippen molar-refractivity contribution in [3.8, 4) is 17.0 Å². The van der Waals surface area contributed by atoms with Crippen LogP contribution in [0.4, 0.5) is 0 Å². The van der Waals surface area contributed by atoms with E-state index in [1.54, 1.807) is 6.92 Å². The molecule has 0 bridgehead atoms. The van der Waals surface area contributed by atoms with Crippen LogP contribution in [0.1, 0.15) is 66.0 Å². The minimum absolute atomic E-state index is 0.0788. The first kappa shape index (κ1) is 31.7. The zero-order valence-corrected chi connectivity index (χ0v) is 27.4. The standard InChI is InChI=1S/C29H46N4O6SSi/c1-22(38-40(5,34)35)14-18-36-16-10-15-32-21-23(20-30-32)28-25-19-24(39-41(6,7)29(2,3)4)12-13-26(25)33(31-28)27-11-8-9-17-37-27/h12-13,19-22,27H,8-11,14-18H2,1-7H3. The molecule has 1 aromatic carbocycles. The summed E-state index contributed by atoms with van der Waals surface area (Å²) < 4.78 is 49.7. The zero-order chi connectivity index (χ0) is 29.8. The maximum absolute atomic E-state index is 11.2. The lowest BCUT2D eigenvalue weighted by Gasteiger charge is -2.36. The highest BCUT2D eigenvalue weighted by atomic mass is 32.2. The third-order valence-corrected chi connectivity index (χ3v) is 12.9. The number of fused-ring (bicyclic) bond motifs is 1. The molecule has 12 heteroatoms. The monoisotopic (exact) mass is 606 g/mol. The fraction of sp³-hybridized carbons (Fsp3) is 0.655. The van der Waals surface area contributed by atoms with Gasteiger partial charge in [0.15, 0.2) is 6.23 Å². The van der Waals surface area contributed by atoms with Gasteiger partial charge in [-0.3, -0.25) is 8.86 Å². The minimum Gasteiger partial charge on any atom is -0.543 e. The molecule has 10 nitrogen and oxygen atoms in total. The Kier molecular flexibility index (Phi) is 10.0. The number of nitrogens with zero attached hydrogens (tertiary/aromatic N) is 4. The molecule has 3 heterocycles. The molecule has 4 rings (SSSR count). The van der Waals surface area contributed by atoms with E-state index < -0.39 is 24.5 Å². The fourth-order valence-corrected chi connectivity index (χ4v) is 6.33. The van der Waals surface area contributed by atoms with Crippen LogP contribution in [0.2, 0.25) is 18.1 Å². The molecule has 2 unspecified atom stereocenters. The summed E-state index contributed by atoms with van der Waals surface area (Å²) in [7, 11) is -5.46. The van der Waals surface area contributed by atoms with Gasteiger partial charge in [0.05, 0.1) is 24.1 Å². The van der Waals surface area contributed by atoms with Gasteiger partial charge in [-0.05, 0) is 75.4 Å². The van der Waals surface area contributed by atoms with Crippen molar-refractivity contribution in [2.24, 2.45) is 0 Å². The van der Waals surface area contributed by atoms with Crippen molar-refractivity contribution >= 4 is 29.3 Å². The van der Waals surface area contributed by atoms with Crippen LogP contribution in [-0.2, 0) is 30.3 Å². The number of hydrogen-bond acceptors (Lipinski definition) is 8. The van der Waals surface area contributed by atoms with Gasteiger partial charge in [-0.1, -0.05) is 20.8 Å². The molecule has 1 fully saturated rings. The summed E-state index contributed by atoms with van der Waals surface area (Å²) in [6.45, 7) is 15.4. The van der Waals surface area contributed by atoms with E-state index in [1.165, 1.54) is 0 Å². The van der Waals surface area contributed by atoms with Gasteiger partial charge in [0.1, 0.15) is 11.4 Å². The number of ether oxygens (including phenoxy) is 2. The summed E-state index contributed by atoms with van der Waals surface area (Å²) >= 11 is 0. The predicted octanol–water partition coefficient (Wildman–Crippen LogP) is 6.14. The molecule has 0 aliphatic carbocycles. The molecule has 1 saturated heterocycles. The highest BCUT2D eigenvalue weighted by Gasteiger charge is 2.39. The van der Waals surface area contributed by atoms with Crippen molar-refractivity contribution < 1.29 is 26.5 Å². The Morgan fingerprint density at radius 1 is 1.20 bits per heavy atom. The number of aryl methyl sites for hydroxylation is 1. The topological polar surface area (TPSA) is 107 Å². The number of aromatic nitrogens is 4. The van der Waals surface area contributed by atoms with Crippen molar-refractivity contribution in [1.29, 1.82) is 0 Å². The molecule has 0 saturated carbocycles. The third-order valence-electron chi connectivity index (χ3n) is 7.88. The summed E-state index contributed by atoms with van der Waals surface area (Å²) in [5, 5.41) is 10.8. The maximum Gasteiger partial charge on any atom is 0.264 e. The molecule has 3 aromatic rings. The summed E-state index contributed by atoms with van der Waals surface area (Å²) in [5.41, 5.74) is 2.85. The molecule has 0 radical (unpaired) electrons. The molecule has 0 spiro atoms. The van der Waals surface area contributed by atoms with Crippen LogP contribution in [0.5, 0.6) is 5.75 Å². The highest BCUT2D eigenvalue weighted by molar-refractivity contribution is 7.86. The summed E-state index contributed by atoms with van der Waals surface area (Å²) in [4.78, 5) is 0. The Hall–Kier alpha value is -2.25. The van der Waals surface area contributed by atoms with Gasteiger partial charge in [0, 0.05) is 43.5 Å². The van der Waals surface area contributed by atoms with Crippen molar-refractivity contribution in [2.45, 2.75) is 96.8 Å². The molecule has 41 heavy (non-hydrogen) atoms. The van der Waals surface area contributed by atoms with E-state index in [9.17, 15) is 8.42 Å². The average Bonchev–Trinajstić information content (AvgIpc) is 3.49. The quantitative estimate of drug-likeness (QED) is 0.130. The molecule has 2 atom stereocenters. The summed E-state index contributed by atoms with van der Waals surface area (Å²) in [6, 6.07) is 6.29. The average molecular weight is 607 g/mol. The van der Waals surface area contributed by atoms with Gasteiger partial charge >= 0.3 is 0 Å². The SMILES string of the molecule is CC(CCOCCCn1cc(-c2nn(C3CCCCO3)c3ccc(O[Si](C)(C)C(C)(C)C)cc23)cn1)OS(C)(=O)=O. The lowest BCUT2D eigenvalue weighted by Crippen LogP contribution is -2.43. The van der Waals surface area contributed by atoms with Crippen LogP contribution in [0.15, 0.2) is 30.6 Å². The molecule has 2 aromatic heterocycles. The Morgan fingerprint density at radius 3 is 2.66 bits per heavy atom. The largest absolute Gasteiger partial charge is 0.543 e. The van der Waals surface area contributed by atoms with Gasteiger partial charge < -0.3 is 13.9 Å². The molecule has 0 N–H and O–H groups in total. The molecular formula is C29H46N4O6SSi. The molecular weight excluding hydrogens is 560 g/mol. The first-order chi connectivity index (χ1) is 19.2. The Bertz CT molecular complexity index is 1410. The Labute approximate surface area is 245 Å². The summed E-state index contributed by atoms with van der Waals surface area (Å²) in [6.07, 6.45) is 8.90. The molecule has 1 aliphatic heterocycles. The normalized spacial score (nSPS) is 17.7. The van der Waals surface area contributed by atoms with Crippen LogP contribution in [0.3, 0.4) is 0 Å². The van der Waals surface area contributed by atoms with E-state index in [1.807, 2.05) is 21.8 Å². The van der Waals surface area contributed by atoms with Gasteiger partial charge in [0.25, 0.3) is 10.1 Å². The number of hydrogen-bond donors (Lipinski definition) is 0. The Morgan fingerprint density at radius 2 is 1.98 bits per heavy atom. The van der Waals surface area contributed by atoms with E-state index >= 15 is 0 Å². The first-order valence-electron chi connectivity index (χ1n) is 14.6. The second kappa shape index (κ2) is 12.9. The van der Waals surface area contributed by atoms with Crippen LogP contribution >= 0.6 is 0 Å². The fourth-order valence-electron chi connectivity index (χ4n) is 4.62. The minimum atomic E-state index is -3.45. The third kappa shape index (κ3) is 8.41.